The number of aryl methyl sites for hydroxylation is 1. The van der Waals surface area contributed by atoms with Crippen LogP contribution in [-0.2, 0) is 20.5 Å². The van der Waals surface area contributed by atoms with Crippen molar-refractivity contribution < 1.29 is 19.4 Å². The van der Waals surface area contributed by atoms with Gasteiger partial charge in [0.15, 0.2) is 0 Å². The van der Waals surface area contributed by atoms with Crippen molar-refractivity contribution in [1.29, 1.82) is 0 Å². The van der Waals surface area contributed by atoms with Gasteiger partial charge in [-0.1, -0.05) is 24.1 Å². The predicted octanol–water partition coefficient (Wildman–Crippen LogP) is 3.25. The fraction of sp³-hybridized carbons (Fsp3) is 0.500. The van der Waals surface area contributed by atoms with Crippen LogP contribution in [-0.4, -0.2) is 19.0 Å². The van der Waals surface area contributed by atoms with E-state index < -0.39 is 0 Å². The molecule has 0 aliphatic heterocycles. The lowest BCUT2D eigenvalue weighted by molar-refractivity contribution is -0.432. The molecule has 0 bridgehead atoms. The van der Waals surface area contributed by atoms with Gasteiger partial charge in [0.25, 0.3) is 0 Å². The second kappa shape index (κ2) is 7.68. The van der Waals surface area contributed by atoms with Crippen LogP contribution >= 0.6 is 12.0 Å². The SMILES string of the molecule is COCC(C)Cc1ccc(C)cc1SOOO. The molecular weight excluding hydrogens is 240 g/mol. The van der Waals surface area contributed by atoms with Gasteiger partial charge >= 0.3 is 0 Å². The maximum Gasteiger partial charge on any atom is 0.0717 e. The van der Waals surface area contributed by atoms with Crippen molar-refractivity contribution in [3.8, 4) is 0 Å². The van der Waals surface area contributed by atoms with Crippen LogP contribution in [0.1, 0.15) is 18.1 Å². The molecule has 1 N–H and O–H groups in total. The van der Waals surface area contributed by atoms with Gasteiger partial charge in [-0.25, -0.2) is 5.26 Å². The van der Waals surface area contributed by atoms with Gasteiger partial charge < -0.3 is 4.74 Å². The van der Waals surface area contributed by atoms with Crippen molar-refractivity contribution in [3.63, 3.8) is 0 Å². The molecule has 0 radical (unpaired) electrons. The molecule has 1 atom stereocenters. The standard InChI is InChI=1S/C12H18O4S/c1-9-4-5-11(6-10(2)8-14-3)12(7-9)17-16-15-13/h4-5,7,10,13H,6,8H2,1-3H3. The summed E-state index contributed by atoms with van der Waals surface area (Å²) in [7, 11) is 1.70. The van der Waals surface area contributed by atoms with Crippen molar-refractivity contribution >= 4 is 12.0 Å². The Balaban J connectivity index is 2.74. The van der Waals surface area contributed by atoms with E-state index in [1.807, 2.05) is 13.0 Å². The van der Waals surface area contributed by atoms with Crippen LogP contribution in [0.5, 0.6) is 0 Å². The normalized spacial score (nSPS) is 12.7. The molecule has 0 saturated carbocycles. The Morgan fingerprint density at radius 1 is 1.41 bits per heavy atom. The largest absolute Gasteiger partial charge is 0.384 e. The molecule has 0 aliphatic rings. The summed E-state index contributed by atoms with van der Waals surface area (Å²) >= 11 is 1.01. The van der Waals surface area contributed by atoms with Gasteiger partial charge in [0.1, 0.15) is 0 Å². The van der Waals surface area contributed by atoms with E-state index in [1.54, 1.807) is 7.11 Å². The average Bonchev–Trinajstić information content (AvgIpc) is 2.30. The fourth-order valence-electron chi connectivity index (χ4n) is 1.68. The minimum Gasteiger partial charge on any atom is -0.384 e. The molecule has 0 amide bonds. The molecule has 1 rings (SSSR count). The zero-order chi connectivity index (χ0) is 12.7. The Labute approximate surface area is 106 Å². The first-order valence-electron chi connectivity index (χ1n) is 5.40. The van der Waals surface area contributed by atoms with Gasteiger partial charge in [0.2, 0.25) is 0 Å². The maximum absolute atomic E-state index is 8.19. The van der Waals surface area contributed by atoms with Crippen LogP contribution in [0, 0.1) is 12.8 Å². The number of hydrogen-bond acceptors (Lipinski definition) is 5. The summed E-state index contributed by atoms with van der Waals surface area (Å²) in [4.78, 5) is 0.946. The van der Waals surface area contributed by atoms with Crippen molar-refractivity contribution in [1.82, 2.24) is 0 Å². The van der Waals surface area contributed by atoms with Crippen LogP contribution < -0.4 is 0 Å². The number of ether oxygens (including phenoxy) is 1. The summed E-state index contributed by atoms with van der Waals surface area (Å²) in [6, 6.07) is 6.11. The monoisotopic (exact) mass is 258 g/mol. The molecule has 1 aromatic carbocycles. The van der Waals surface area contributed by atoms with Crippen molar-refractivity contribution in [3.05, 3.63) is 29.3 Å². The van der Waals surface area contributed by atoms with Crippen molar-refractivity contribution in [2.75, 3.05) is 13.7 Å². The summed E-state index contributed by atoms with van der Waals surface area (Å²) in [6.45, 7) is 4.85. The second-order valence-corrected chi connectivity index (χ2v) is 4.84. The summed E-state index contributed by atoms with van der Waals surface area (Å²) in [6.07, 6.45) is 0.894. The number of hydrogen-bond donors (Lipinski definition) is 1. The van der Waals surface area contributed by atoms with E-state index in [0.29, 0.717) is 5.92 Å². The lowest BCUT2D eigenvalue weighted by Gasteiger charge is -2.13. The average molecular weight is 258 g/mol. The Bertz CT molecular complexity index is 343. The molecule has 0 spiro atoms. The molecule has 0 aromatic heterocycles. The van der Waals surface area contributed by atoms with E-state index in [-0.39, 0.29) is 0 Å². The van der Waals surface area contributed by atoms with Crippen LogP contribution in [0.4, 0.5) is 0 Å². The van der Waals surface area contributed by atoms with Gasteiger partial charge in [0.05, 0.1) is 12.0 Å². The van der Waals surface area contributed by atoms with Crippen molar-refractivity contribution in [2.45, 2.75) is 25.2 Å². The van der Waals surface area contributed by atoms with Gasteiger partial charge in [-0.2, -0.15) is 0 Å². The fourth-order valence-corrected chi connectivity index (χ4v) is 2.27. The third-order valence-electron chi connectivity index (χ3n) is 2.40. The summed E-state index contributed by atoms with van der Waals surface area (Å²) in [5, 5.41) is 11.8. The summed E-state index contributed by atoms with van der Waals surface area (Å²) in [5.74, 6) is 0.428. The zero-order valence-corrected chi connectivity index (χ0v) is 11.1. The third-order valence-corrected chi connectivity index (χ3v) is 3.08. The van der Waals surface area contributed by atoms with Crippen LogP contribution in [0.2, 0.25) is 0 Å². The highest BCUT2D eigenvalue weighted by Gasteiger charge is 2.09. The lowest BCUT2D eigenvalue weighted by Crippen LogP contribution is -2.07. The molecule has 0 aliphatic carbocycles. The minimum absolute atomic E-state index is 0.428. The molecule has 0 fully saturated rings. The highest BCUT2D eigenvalue weighted by atomic mass is 32.2. The third kappa shape index (κ3) is 5.06. The van der Waals surface area contributed by atoms with E-state index in [0.717, 1.165) is 41.1 Å². The van der Waals surface area contributed by atoms with Gasteiger partial charge in [-0.05, 0) is 36.5 Å². The van der Waals surface area contributed by atoms with E-state index >= 15 is 0 Å². The van der Waals surface area contributed by atoms with E-state index in [1.165, 1.54) is 0 Å². The first kappa shape index (κ1) is 14.5. The Morgan fingerprint density at radius 2 is 2.18 bits per heavy atom. The van der Waals surface area contributed by atoms with E-state index in [9.17, 15) is 0 Å². The molecule has 1 unspecified atom stereocenters. The molecule has 17 heavy (non-hydrogen) atoms. The molecular formula is C12H18O4S. The smallest absolute Gasteiger partial charge is 0.0717 e. The number of methoxy groups -OCH3 is 1. The molecule has 1 aromatic rings. The number of benzene rings is 1. The van der Waals surface area contributed by atoms with Gasteiger partial charge in [-0.3, -0.25) is 0 Å². The van der Waals surface area contributed by atoms with Crippen LogP contribution in [0.3, 0.4) is 0 Å². The van der Waals surface area contributed by atoms with Crippen molar-refractivity contribution in [2.24, 2.45) is 5.92 Å². The Kier molecular flexibility index (Phi) is 6.54. The van der Waals surface area contributed by atoms with E-state index in [4.69, 9.17) is 9.99 Å². The van der Waals surface area contributed by atoms with Gasteiger partial charge in [-0.15, -0.1) is 4.33 Å². The zero-order valence-electron chi connectivity index (χ0n) is 10.3. The highest BCUT2D eigenvalue weighted by molar-refractivity contribution is 7.94. The first-order valence-corrected chi connectivity index (χ1v) is 6.14. The second-order valence-electron chi connectivity index (χ2n) is 4.10. The maximum atomic E-state index is 8.19. The molecule has 0 saturated heterocycles. The minimum atomic E-state index is 0.428. The van der Waals surface area contributed by atoms with E-state index in [2.05, 4.69) is 28.4 Å². The first-order chi connectivity index (χ1) is 8.17. The Morgan fingerprint density at radius 3 is 2.82 bits per heavy atom. The predicted molar refractivity (Wildman–Crippen MR) is 66.6 cm³/mol. The molecule has 4 nitrogen and oxygen atoms in total. The van der Waals surface area contributed by atoms with Crippen LogP contribution in [0.15, 0.2) is 23.1 Å². The molecule has 5 heteroatoms. The molecule has 0 heterocycles. The molecule has 96 valence electrons. The number of rotatable bonds is 7. The topological polar surface area (TPSA) is 47.9 Å². The van der Waals surface area contributed by atoms with Gasteiger partial charge in [0, 0.05) is 18.6 Å². The Hall–Kier alpha value is -0.590. The summed E-state index contributed by atoms with van der Waals surface area (Å²) in [5.41, 5.74) is 2.29. The lowest BCUT2D eigenvalue weighted by atomic mass is 10.0. The van der Waals surface area contributed by atoms with Crippen LogP contribution in [0.25, 0.3) is 0 Å². The highest BCUT2D eigenvalue weighted by Crippen LogP contribution is 2.27. The summed E-state index contributed by atoms with van der Waals surface area (Å²) < 4.78 is 9.62. The quantitative estimate of drug-likeness (QED) is 0.462.